The number of hydrogen-bond acceptors (Lipinski definition) is 4. The molecule has 1 aromatic carbocycles. The van der Waals surface area contributed by atoms with Gasteiger partial charge in [-0.15, -0.1) is 0 Å². The van der Waals surface area contributed by atoms with Gasteiger partial charge in [0, 0.05) is 50.8 Å². The van der Waals surface area contributed by atoms with Crippen LogP contribution < -0.4 is 4.74 Å². The van der Waals surface area contributed by atoms with E-state index in [1.54, 1.807) is 6.20 Å². The molecule has 0 spiro atoms. The van der Waals surface area contributed by atoms with E-state index in [0.717, 1.165) is 31.9 Å². The van der Waals surface area contributed by atoms with Crippen LogP contribution in [-0.2, 0) is 20.1 Å². The minimum atomic E-state index is 0.532. The lowest BCUT2D eigenvalue weighted by Gasteiger charge is -2.32. The third-order valence-electron chi connectivity index (χ3n) is 5.24. The predicted molar refractivity (Wildman–Crippen MR) is 105 cm³/mol. The van der Waals surface area contributed by atoms with Crippen LogP contribution in [0.3, 0.4) is 0 Å². The molecule has 142 valence electrons. The zero-order chi connectivity index (χ0) is 18.5. The Balaban J connectivity index is 1.28. The summed E-state index contributed by atoms with van der Waals surface area (Å²) in [4.78, 5) is 11.1. The Hall–Kier alpha value is -2.60. The van der Waals surface area contributed by atoms with Crippen molar-refractivity contribution < 1.29 is 4.74 Å². The Morgan fingerprint density at radius 2 is 2.04 bits per heavy atom. The molecule has 2 aromatic heterocycles. The highest BCUT2D eigenvalue weighted by molar-refractivity contribution is 5.27. The highest BCUT2D eigenvalue weighted by Gasteiger charge is 2.23. The summed E-state index contributed by atoms with van der Waals surface area (Å²) >= 11 is 0. The van der Waals surface area contributed by atoms with E-state index < -0.39 is 0 Å². The molecule has 0 bridgehead atoms. The van der Waals surface area contributed by atoms with Crippen molar-refractivity contribution in [1.29, 1.82) is 0 Å². The monoisotopic (exact) mass is 365 g/mol. The summed E-state index contributed by atoms with van der Waals surface area (Å²) in [6.45, 7) is 4.67. The van der Waals surface area contributed by atoms with Gasteiger partial charge in [-0.1, -0.05) is 12.1 Å². The highest BCUT2D eigenvalue weighted by atomic mass is 16.5. The number of piperidine rings is 1. The van der Waals surface area contributed by atoms with Crippen LogP contribution in [0.5, 0.6) is 5.75 Å². The normalized spacial score (nSPS) is 17.9. The molecule has 27 heavy (non-hydrogen) atoms. The molecule has 1 saturated heterocycles. The van der Waals surface area contributed by atoms with Crippen molar-refractivity contribution in [3.05, 3.63) is 66.8 Å². The number of benzene rings is 1. The fourth-order valence-corrected chi connectivity index (χ4v) is 3.82. The maximum Gasteiger partial charge on any atom is 0.119 e. The minimum Gasteiger partial charge on any atom is -0.492 e. The SMILES string of the molecule is Cn1ccnc1[C@H]1CCCN(Cc2ccc(OCCn3ccnc3)cc2)C1. The Labute approximate surface area is 160 Å². The second-order valence-corrected chi connectivity index (χ2v) is 7.26. The Bertz CT molecular complexity index is 825. The van der Waals surface area contributed by atoms with Crippen LogP contribution in [0.4, 0.5) is 0 Å². The van der Waals surface area contributed by atoms with Gasteiger partial charge >= 0.3 is 0 Å². The molecule has 3 heterocycles. The number of rotatable bonds is 7. The van der Waals surface area contributed by atoms with Gasteiger partial charge in [-0.25, -0.2) is 9.97 Å². The molecule has 3 aromatic rings. The van der Waals surface area contributed by atoms with E-state index in [2.05, 4.69) is 50.7 Å². The molecule has 0 amide bonds. The van der Waals surface area contributed by atoms with E-state index in [0.29, 0.717) is 12.5 Å². The molecule has 0 unspecified atom stereocenters. The maximum absolute atomic E-state index is 5.83. The van der Waals surface area contributed by atoms with E-state index in [4.69, 9.17) is 4.74 Å². The smallest absolute Gasteiger partial charge is 0.119 e. The van der Waals surface area contributed by atoms with Crippen LogP contribution in [0.25, 0.3) is 0 Å². The van der Waals surface area contributed by atoms with Gasteiger partial charge in [-0.3, -0.25) is 4.90 Å². The molecule has 1 aliphatic rings. The minimum absolute atomic E-state index is 0.532. The van der Waals surface area contributed by atoms with Crippen molar-refractivity contribution >= 4 is 0 Å². The predicted octanol–water partition coefficient (Wildman–Crippen LogP) is 3.08. The van der Waals surface area contributed by atoms with Crippen molar-refractivity contribution in [2.75, 3.05) is 19.7 Å². The topological polar surface area (TPSA) is 48.1 Å². The summed E-state index contributed by atoms with van der Waals surface area (Å²) in [5.74, 6) is 2.66. The van der Waals surface area contributed by atoms with Crippen LogP contribution in [-0.4, -0.2) is 43.7 Å². The van der Waals surface area contributed by atoms with Gasteiger partial charge in [-0.2, -0.15) is 0 Å². The van der Waals surface area contributed by atoms with Crippen molar-refractivity contribution in [1.82, 2.24) is 24.0 Å². The molecule has 6 nitrogen and oxygen atoms in total. The maximum atomic E-state index is 5.83. The zero-order valence-corrected chi connectivity index (χ0v) is 15.9. The first-order valence-electron chi connectivity index (χ1n) is 9.65. The fraction of sp³-hybridized carbons (Fsp3) is 0.429. The van der Waals surface area contributed by atoms with Gasteiger partial charge in [0.05, 0.1) is 12.9 Å². The number of imidazole rings is 2. The highest BCUT2D eigenvalue weighted by Crippen LogP contribution is 2.26. The Morgan fingerprint density at radius 1 is 1.15 bits per heavy atom. The van der Waals surface area contributed by atoms with Crippen molar-refractivity contribution in [2.45, 2.75) is 31.8 Å². The molecule has 0 saturated carbocycles. The lowest BCUT2D eigenvalue weighted by Crippen LogP contribution is -2.34. The van der Waals surface area contributed by atoms with Crippen molar-refractivity contribution in [3.63, 3.8) is 0 Å². The van der Waals surface area contributed by atoms with E-state index >= 15 is 0 Å². The van der Waals surface area contributed by atoms with Crippen LogP contribution >= 0.6 is 0 Å². The van der Waals surface area contributed by atoms with E-state index in [1.807, 2.05) is 29.5 Å². The van der Waals surface area contributed by atoms with Crippen LogP contribution in [0.1, 0.15) is 30.1 Å². The average molecular weight is 365 g/mol. The van der Waals surface area contributed by atoms with Gasteiger partial charge in [0.2, 0.25) is 0 Å². The summed E-state index contributed by atoms with van der Waals surface area (Å²) in [5, 5.41) is 0. The second-order valence-electron chi connectivity index (χ2n) is 7.26. The summed E-state index contributed by atoms with van der Waals surface area (Å²) < 4.78 is 10.0. The van der Waals surface area contributed by atoms with Crippen LogP contribution in [0, 0.1) is 0 Å². The number of nitrogens with zero attached hydrogens (tertiary/aromatic N) is 5. The van der Waals surface area contributed by atoms with Gasteiger partial charge in [0.1, 0.15) is 18.2 Å². The van der Waals surface area contributed by atoms with Gasteiger partial charge in [-0.05, 0) is 37.1 Å². The number of likely N-dealkylation sites (tertiary alicyclic amines) is 1. The van der Waals surface area contributed by atoms with E-state index in [1.165, 1.54) is 24.2 Å². The molecule has 1 aliphatic heterocycles. The largest absolute Gasteiger partial charge is 0.492 e. The number of hydrogen-bond donors (Lipinski definition) is 0. The van der Waals surface area contributed by atoms with Gasteiger partial charge in [0.25, 0.3) is 0 Å². The average Bonchev–Trinajstić information content (AvgIpc) is 3.35. The molecule has 0 radical (unpaired) electrons. The van der Waals surface area contributed by atoms with E-state index in [9.17, 15) is 0 Å². The second kappa shape index (κ2) is 8.39. The standard InChI is InChI=1S/C21H27N5O/c1-24-11-9-23-21(24)19-3-2-10-26(16-19)15-18-4-6-20(7-5-18)27-14-13-25-12-8-22-17-25/h4-9,11-12,17,19H,2-3,10,13-16H2,1H3/t19-/m0/s1. The molecule has 0 N–H and O–H groups in total. The molecule has 1 fully saturated rings. The van der Waals surface area contributed by atoms with Crippen molar-refractivity contribution in [3.8, 4) is 5.75 Å². The quantitative estimate of drug-likeness (QED) is 0.646. The van der Waals surface area contributed by atoms with Gasteiger partial charge < -0.3 is 13.9 Å². The summed E-state index contributed by atoms with van der Waals surface area (Å²) in [7, 11) is 2.09. The van der Waals surface area contributed by atoms with Crippen LogP contribution in [0.15, 0.2) is 55.4 Å². The summed E-state index contributed by atoms with van der Waals surface area (Å²) in [6.07, 6.45) is 11.9. The van der Waals surface area contributed by atoms with Gasteiger partial charge in [0.15, 0.2) is 0 Å². The van der Waals surface area contributed by atoms with Crippen LogP contribution in [0.2, 0.25) is 0 Å². The first-order valence-corrected chi connectivity index (χ1v) is 9.65. The Kier molecular flexibility index (Phi) is 5.53. The zero-order valence-electron chi connectivity index (χ0n) is 15.9. The summed E-state index contributed by atoms with van der Waals surface area (Å²) in [5.41, 5.74) is 1.33. The molecular formula is C21H27N5O. The van der Waals surface area contributed by atoms with E-state index in [-0.39, 0.29) is 0 Å². The third kappa shape index (κ3) is 4.57. The number of ether oxygens (including phenoxy) is 1. The summed E-state index contributed by atoms with van der Waals surface area (Å²) in [6, 6.07) is 8.50. The lowest BCUT2D eigenvalue weighted by atomic mass is 9.96. The number of aromatic nitrogens is 4. The molecule has 0 aliphatic carbocycles. The molecular weight excluding hydrogens is 338 g/mol. The number of aryl methyl sites for hydroxylation is 1. The molecule has 6 heteroatoms. The first-order chi connectivity index (χ1) is 13.3. The molecule has 1 atom stereocenters. The third-order valence-corrected chi connectivity index (χ3v) is 5.24. The Morgan fingerprint density at radius 3 is 2.78 bits per heavy atom. The fourth-order valence-electron chi connectivity index (χ4n) is 3.82. The first kappa shape index (κ1) is 17.8. The molecule has 4 rings (SSSR count). The van der Waals surface area contributed by atoms with Crippen molar-refractivity contribution in [2.24, 2.45) is 7.05 Å². The lowest BCUT2D eigenvalue weighted by molar-refractivity contribution is 0.195.